The summed E-state index contributed by atoms with van der Waals surface area (Å²) in [7, 11) is 0. The average Bonchev–Trinajstić information content (AvgIpc) is 2.06. The van der Waals surface area contributed by atoms with Gasteiger partial charge in [-0.3, -0.25) is 9.79 Å². The Hall–Kier alpha value is -0.480. The summed E-state index contributed by atoms with van der Waals surface area (Å²) in [6.07, 6.45) is 1.54. The van der Waals surface area contributed by atoms with Crippen molar-refractivity contribution in [3.63, 3.8) is 0 Å². The number of carbonyl (C=O) groups is 1. The fourth-order valence-electron chi connectivity index (χ4n) is 1.15. The maximum absolute atomic E-state index is 11.4. The number of rotatable bonds is 2. The lowest BCUT2D eigenvalue weighted by Crippen LogP contribution is -2.22. The third kappa shape index (κ3) is 2.48. The quantitative estimate of drug-likeness (QED) is 0.749. The molecule has 0 aliphatic carbocycles. The first-order valence-electron chi connectivity index (χ1n) is 4.12. The summed E-state index contributed by atoms with van der Waals surface area (Å²) in [4.78, 5) is 15.2. The number of hydrogen-bond acceptors (Lipinski definition) is 3. The molecule has 0 spiro atoms. The van der Waals surface area contributed by atoms with Crippen molar-refractivity contribution in [2.24, 2.45) is 4.99 Å². The molecule has 72 valence electrons. The number of hydrogen-bond donors (Lipinski definition) is 1. The SMILES string of the molecule is CC1=C(CC(C)O)N=CC(Br)C1=O. The predicted molar refractivity (Wildman–Crippen MR) is 55.2 cm³/mol. The minimum atomic E-state index is -0.457. The van der Waals surface area contributed by atoms with E-state index in [1.54, 1.807) is 20.1 Å². The third-order valence-electron chi connectivity index (χ3n) is 1.90. The molecule has 1 aliphatic rings. The second-order valence-corrected chi connectivity index (χ2v) is 4.16. The summed E-state index contributed by atoms with van der Waals surface area (Å²) < 4.78 is 0. The number of carbonyl (C=O) groups excluding carboxylic acids is 1. The third-order valence-corrected chi connectivity index (χ3v) is 2.56. The van der Waals surface area contributed by atoms with E-state index in [0.29, 0.717) is 17.7 Å². The Balaban J connectivity index is 2.85. The lowest BCUT2D eigenvalue weighted by atomic mass is 10.0. The van der Waals surface area contributed by atoms with E-state index in [1.807, 2.05) is 0 Å². The van der Waals surface area contributed by atoms with Gasteiger partial charge in [-0.25, -0.2) is 0 Å². The van der Waals surface area contributed by atoms with Crippen LogP contribution in [0.2, 0.25) is 0 Å². The zero-order valence-electron chi connectivity index (χ0n) is 7.62. The maximum atomic E-state index is 11.4. The Labute approximate surface area is 85.7 Å². The van der Waals surface area contributed by atoms with Crippen molar-refractivity contribution in [3.05, 3.63) is 11.3 Å². The number of ketones is 1. The minimum absolute atomic E-state index is 0.0330. The van der Waals surface area contributed by atoms with E-state index in [-0.39, 0.29) is 10.6 Å². The van der Waals surface area contributed by atoms with Crippen LogP contribution in [-0.2, 0) is 4.79 Å². The van der Waals surface area contributed by atoms with E-state index in [9.17, 15) is 4.79 Å². The first kappa shape index (κ1) is 10.6. The first-order chi connectivity index (χ1) is 6.02. The van der Waals surface area contributed by atoms with Crippen LogP contribution in [0.5, 0.6) is 0 Å². The molecule has 3 nitrogen and oxygen atoms in total. The maximum Gasteiger partial charge on any atom is 0.179 e. The van der Waals surface area contributed by atoms with Crippen LogP contribution in [0, 0.1) is 0 Å². The van der Waals surface area contributed by atoms with Gasteiger partial charge in [-0.1, -0.05) is 15.9 Å². The number of Topliss-reactive ketones (excluding diaryl/α,β-unsaturated/α-hetero) is 1. The molecule has 0 aromatic heterocycles. The van der Waals surface area contributed by atoms with Crippen LogP contribution in [-0.4, -0.2) is 28.0 Å². The number of nitrogens with zero attached hydrogens (tertiary/aromatic N) is 1. The van der Waals surface area contributed by atoms with Crippen LogP contribution in [0.15, 0.2) is 16.3 Å². The van der Waals surface area contributed by atoms with Gasteiger partial charge >= 0.3 is 0 Å². The molecule has 0 fully saturated rings. The summed E-state index contributed by atoms with van der Waals surface area (Å²) in [5.74, 6) is 0.0330. The lowest BCUT2D eigenvalue weighted by Gasteiger charge is -2.15. The van der Waals surface area contributed by atoms with Crippen LogP contribution in [0.25, 0.3) is 0 Å². The van der Waals surface area contributed by atoms with Gasteiger partial charge in [-0.05, 0) is 13.8 Å². The highest BCUT2D eigenvalue weighted by atomic mass is 79.9. The number of halogens is 1. The second kappa shape index (κ2) is 4.15. The molecule has 0 amide bonds. The molecule has 1 aliphatic heterocycles. The molecular formula is C9H12BrNO2. The highest BCUT2D eigenvalue weighted by Gasteiger charge is 2.22. The van der Waals surface area contributed by atoms with Gasteiger partial charge in [-0.2, -0.15) is 0 Å². The van der Waals surface area contributed by atoms with E-state index >= 15 is 0 Å². The molecule has 0 saturated heterocycles. The number of alkyl halides is 1. The number of allylic oxidation sites excluding steroid dienone is 1. The summed E-state index contributed by atoms with van der Waals surface area (Å²) >= 11 is 3.19. The van der Waals surface area contributed by atoms with Crippen LogP contribution in [0.1, 0.15) is 20.3 Å². The van der Waals surface area contributed by atoms with Gasteiger partial charge in [-0.15, -0.1) is 0 Å². The zero-order valence-corrected chi connectivity index (χ0v) is 9.21. The van der Waals surface area contributed by atoms with Crippen molar-refractivity contribution in [2.45, 2.75) is 31.2 Å². The Morgan fingerprint density at radius 1 is 1.77 bits per heavy atom. The molecule has 2 unspecified atom stereocenters. The van der Waals surface area contributed by atoms with Crippen molar-refractivity contribution in [2.75, 3.05) is 0 Å². The fraction of sp³-hybridized carbons (Fsp3) is 0.556. The number of aliphatic hydroxyl groups is 1. The van der Waals surface area contributed by atoms with Crippen LogP contribution in [0.3, 0.4) is 0 Å². The van der Waals surface area contributed by atoms with Crippen molar-refractivity contribution >= 4 is 27.9 Å². The minimum Gasteiger partial charge on any atom is -0.393 e. The highest BCUT2D eigenvalue weighted by Crippen LogP contribution is 2.20. The first-order valence-corrected chi connectivity index (χ1v) is 5.04. The molecule has 1 rings (SSSR count). The molecule has 0 bridgehead atoms. The fourth-order valence-corrected chi connectivity index (χ4v) is 1.62. The Kier molecular flexibility index (Phi) is 3.39. The molecular weight excluding hydrogens is 234 g/mol. The highest BCUT2D eigenvalue weighted by molar-refractivity contribution is 9.10. The topological polar surface area (TPSA) is 49.7 Å². The van der Waals surface area contributed by atoms with Crippen LogP contribution in [0.4, 0.5) is 0 Å². The van der Waals surface area contributed by atoms with Gasteiger partial charge in [0.1, 0.15) is 4.83 Å². The van der Waals surface area contributed by atoms with Gasteiger partial charge in [0, 0.05) is 23.9 Å². The summed E-state index contributed by atoms with van der Waals surface area (Å²) in [5, 5.41) is 9.14. The van der Waals surface area contributed by atoms with Crippen molar-refractivity contribution in [1.29, 1.82) is 0 Å². The monoisotopic (exact) mass is 245 g/mol. The number of aliphatic hydroxyl groups excluding tert-OH is 1. The van der Waals surface area contributed by atoms with Crippen molar-refractivity contribution in [3.8, 4) is 0 Å². The Morgan fingerprint density at radius 3 is 2.92 bits per heavy atom. The van der Waals surface area contributed by atoms with E-state index in [1.165, 1.54) is 0 Å². The van der Waals surface area contributed by atoms with Gasteiger partial charge in [0.25, 0.3) is 0 Å². The molecule has 1 heterocycles. The van der Waals surface area contributed by atoms with Crippen LogP contribution < -0.4 is 0 Å². The summed E-state index contributed by atoms with van der Waals surface area (Å²) in [6.45, 7) is 3.42. The number of aliphatic imine (C=N–C) groups is 1. The van der Waals surface area contributed by atoms with E-state index in [4.69, 9.17) is 5.11 Å². The van der Waals surface area contributed by atoms with Gasteiger partial charge in [0.2, 0.25) is 0 Å². The van der Waals surface area contributed by atoms with Crippen LogP contribution >= 0.6 is 15.9 Å². The predicted octanol–water partition coefficient (Wildman–Crippen LogP) is 1.45. The molecule has 0 radical (unpaired) electrons. The van der Waals surface area contributed by atoms with Crippen molar-refractivity contribution < 1.29 is 9.90 Å². The molecule has 1 N–H and O–H groups in total. The Bertz CT molecular complexity index is 281. The summed E-state index contributed by atoms with van der Waals surface area (Å²) in [5.41, 5.74) is 1.33. The smallest absolute Gasteiger partial charge is 0.179 e. The van der Waals surface area contributed by atoms with Gasteiger partial charge in [0.05, 0.1) is 6.10 Å². The normalized spacial score (nSPS) is 25.2. The van der Waals surface area contributed by atoms with Crippen molar-refractivity contribution in [1.82, 2.24) is 0 Å². The molecule has 4 heteroatoms. The molecule has 13 heavy (non-hydrogen) atoms. The van der Waals surface area contributed by atoms with Gasteiger partial charge < -0.3 is 5.11 Å². The molecule has 2 atom stereocenters. The zero-order chi connectivity index (χ0) is 10.0. The largest absolute Gasteiger partial charge is 0.393 e. The average molecular weight is 246 g/mol. The van der Waals surface area contributed by atoms with Gasteiger partial charge in [0.15, 0.2) is 5.78 Å². The lowest BCUT2D eigenvalue weighted by molar-refractivity contribution is -0.114. The summed E-state index contributed by atoms with van der Waals surface area (Å²) in [6, 6.07) is 0. The molecule has 0 aromatic rings. The van der Waals surface area contributed by atoms with E-state index < -0.39 is 6.10 Å². The standard InChI is InChI=1S/C9H12BrNO2/c1-5(12)3-8-6(2)9(13)7(10)4-11-8/h4-5,7,12H,3H2,1-2H3. The molecule has 0 aromatic carbocycles. The Morgan fingerprint density at radius 2 is 2.38 bits per heavy atom. The van der Waals surface area contributed by atoms with E-state index in [0.717, 1.165) is 0 Å². The molecule has 0 saturated carbocycles. The second-order valence-electron chi connectivity index (χ2n) is 3.17. The van der Waals surface area contributed by atoms with E-state index in [2.05, 4.69) is 20.9 Å².